The molecule has 12 heavy (non-hydrogen) atoms. The van der Waals surface area contributed by atoms with Gasteiger partial charge < -0.3 is 0 Å². The van der Waals surface area contributed by atoms with Gasteiger partial charge in [-0.3, -0.25) is 4.90 Å². The smallest absolute Gasteiger partial charge is 0.0635 e. The van der Waals surface area contributed by atoms with Gasteiger partial charge in [0.25, 0.3) is 0 Å². The number of nitrogens with zero attached hydrogens (tertiary/aromatic N) is 2. The van der Waals surface area contributed by atoms with Crippen molar-refractivity contribution in [3.8, 4) is 6.07 Å². The van der Waals surface area contributed by atoms with E-state index in [0.29, 0.717) is 12.5 Å². The molecule has 0 aliphatic carbocycles. The zero-order chi connectivity index (χ0) is 8.39. The fourth-order valence-electron chi connectivity index (χ4n) is 2.35. The minimum atomic E-state index is 0.650. The Morgan fingerprint density at radius 3 is 3.17 bits per heavy atom. The van der Waals surface area contributed by atoms with Crippen molar-refractivity contribution in [1.82, 2.24) is 4.90 Å². The largest absolute Gasteiger partial charge is 0.293 e. The lowest BCUT2D eigenvalue weighted by Gasteiger charge is -2.30. The molecule has 1 saturated heterocycles. The second kappa shape index (κ2) is 3.28. The van der Waals surface area contributed by atoms with Crippen LogP contribution in [-0.4, -0.2) is 23.5 Å². The van der Waals surface area contributed by atoms with Gasteiger partial charge in [-0.15, -0.1) is 0 Å². The van der Waals surface area contributed by atoms with E-state index < -0.39 is 0 Å². The molecule has 2 heterocycles. The van der Waals surface area contributed by atoms with Gasteiger partial charge in [-0.2, -0.15) is 5.26 Å². The Labute approximate surface area is 73.5 Å². The summed E-state index contributed by atoms with van der Waals surface area (Å²) in [6.07, 6.45) is 9.10. The van der Waals surface area contributed by atoms with Crippen LogP contribution in [0.1, 0.15) is 25.7 Å². The molecule has 64 valence electrons. The van der Waals surface area contributed by atoms with Gasteiger partial charge in [0, 0.05) is 25.0 Å². The Hall–Kier alpha value is -0.810. The summed E-state index contributed by atoms with van der Waals surface area (Å²) in [7, 11) is 0. The van der Waals surface area contributed by atoms with Crippen molar-refractivity contribution in [2.45, 2.75) is 37.8 Å². The van der Waals surface area contributed by atoms with Gasteiger partial charge in [-0.05, 0) is 19.3 Å². The molecule has 2 bridgehead atoms. The highest BCUT2D eigenvalue weighted by Crippen LogP contribution is 2.31. The van der Waals surface area contributed by atoms with Gasteiger partial charge in [0.05, 0.1) is 6.07 Å². The fourth-order valence-corrected chi connectivity index (χ4v) is 2.35. The van der Waals surface area contributed by atoms with Gasteiger partial charge in [-0.1, -0.05) is 12.2 Å². The van der Waals surface area contributed by atoms with Crippen LogP contribution in [0.5, 0.6) is 0 Å². The van der Waals surface area contributed by atoms with Crippen molar-refractivity contribution in [2.24, 2.45) is 0 Å². The molecule has 2 atom stereocenters. The van der Waals surface area contributed by atoms with Crippen LogP contribution < -0.4 is 0 Å². The summed E-state index contributed by atoms with van der Waals surface area (Å²) in [6.45, 7) is 0.968. The molecule has 2 rings (SSSR count). The normalized spacial score (nSPS) is 33.6. The average molecular weight is 162 g/mol. The van der Waals surface area contributed by atoms with Gasteiger partial charge >= 0.3 is 0 Å². The highest BCUT2D eigenvalue weighted by Gasteiger charge is 2.32. The molecule has 1 fully saturated rings. The molecule has 0 aromatic carbocycles. The van der Waals surface area contributed by atoms with Crippen molar-refractivity contribution < 1.29 is 0 Å². The highest BCUT2D eigenvalue weighted by atomic mass is 15.2. The van der Waals surface area contributed by atoms with E-state index in [-0.39, 0.29) is 0 Å². The Balaban J connectivity index is 1.98. The molecule has 2 aliphatic rings. The van der Waals surface area contributed by atoms with E-state index in [1.165, 1.54) is 19.3 Å². The zero-order valence-electron chi connectivity index (χ0n) is 7.24. The van der Waals surface area contributed by atoms with Crippen molar-refractivity contribution in [3.05, 3.63) is 12.2 Å². The molecule has 0 saturated carbocycles. The number of nitriles is 1. The molecule has 0 N–H and O–H groups in total. The van der Waals surface area contributed by atoms with Crippen molar-refractivity contribution >= 4 is 0 Å². The van der Waals surface area contributed by atoms with Crippen LogP contribution in [0.2, 0.25) is 0 Å². The second-order valence-corrected chi connectivity index (χ2v) is 3.61. The molecular formula is C10H14N2. The maximum absolute atomic E-state index is 8.50. The summed E-state index contributed by atoms with van der Waals surface area (Å²) in [5.41, 5.74) is 0. The molecule has 2 aliphatic heterocycles. The van der Waals surface area contributed by atoms with Gasteiger partial charge in [0.2, 0.25) is 0 Å². The Bertz CT molecular complexity index is 226. The average Bonchev–Trinajstić information content (AvgIpc) is 2.36. The molecule has 2 nitrogen and oxygen atoms in total. The quantitative estimate of drug-likeness (QED) is 0.578. The maximum atomic E-state index is 8.50. The van der Waals surface area contributed by atoms with E-state index in [1.807, 2.05) is 0 Å². The summed E-state index contributed by atoms with van der Waals surface area (Å²) in [5.74, 6) is 0. The molecule has 2 unspecified atom stereocenters. The molecule has 2 heteroatoms. The fraction of sp³-hybridized carbons (Fsp3) is 0.700. The molecule has 0 radical (unpaired) electrons. The van der Waals surface area contributed by atoms with E-state index in [9.17, 15) is 0 Å². The predicted molar refractivity (Wildman–Crippen MR) is 47.5 cm³/mol. The van der Waals surface area contributed by atoms with Gasteiger partial charge in [-0.25, -0.2) is 0 Å². The lowest BCUT2D eigenvalue weighted by Crippen LogP contribution is -2.37. The zero-order valence-corrected chi connectivity index (χ0v) is 7.24. The van der Waals surface area contributed by atoms with E-state index in [4.69, 9.17) is 5.26 Å². The van der Waals surface area contributed by atoms with Crippen LogP contribution in [0.25, 0.3) is 0 Å². The third-order valence-electron chi connectivity index (χ3n) is 2.94. The topological polar surface area (TPSA) is 27.0 Å². The summed E-state index contributed by atoms with van der Waals surface area (Å²) in [5, 5.41) is 8.50. The van der Waals surface area contributed by atoms with Crippen LogP contribution in [0.3, 0.4) is 0 Å². The first-order valence-electron chi connectivity index (χ1n) is 4.71. The monoisotopic (exact) mass is 162 g/mol. The lowest BCUT2D eigenvalue weighted by atomic mass is 10.1. The summed E-state index contributed by atoms with van der Waals surface area (Å²) in [4.78, 5) is 2.49. The third kappa shape index (κ3) is 1.25. The predicted octanol–water partition coefficient (Wildman–Crippen LogP) is 1.69. The lowest BCUT2D eigenvalue weighted by molar-refractivity contribution is 0.214. The molecular weight excluding hydrogens is 148 g/mol. The molecule has 0 aromatic rings. The van der Waals surface area contributed by atoms with Gasteiger partial charge in [0.1, 0.15) is 0 Å². The van der Waals surface area contributed by atoms with E-state index >= 15 is 0 Å². The van der Waals surface area contributed by atoms with Crippen molar-refractivity contribution in [2.75, 3.05) is 6.54 Å². The first-order valence-corrected chi connectivity index (χ1v) is 4.71. The SMILES string of the molecule is N#CCCN1C2C=CCC1CC2. The summed E-state index contributed by atoms with van der Waals surface area (Å²) in [6, 6.07) is 3.61. The minimum Gasteiger partial charge on any atom is -0.293 e. The molecule has 0 spiro atoms. The highest BCUT2D eigenvalue weighted by molar-refractivity contribution is 5.08. The number of hydrogen-bond acceptors (Lipinski definition) is 2. The minimum absolute atomic E-state index is 0.650. The van der Waals surface area contributed by atoms with E-state index in [1.54, 1.807) is 0 Å². The standard InChI is InChI=1S/C10H14N2/c11-7-2-8-12-9-3-1-4-10(12)6-5-9/h1,3,9-10H,2,4-6,8H2. The van der Waals surface area contributed by atoms with E-state index in [0.717, 1.165) is 12.6 Å². The number of fused-ring (bicyclic) bond motifs is 2. The van der Waals surface area contributed by atoms with Crippen LogP contribution in [0.15, 0.2) is 12.2 Å². The summed E-state index contributed by atoms with van der Waals surface area (Å²) < 4.78 is 0. The van der Waals surface area contributed by atoms with Crippen LogP contribution >= 0.6 is 0 Å². The Morgan fingerprint density at radius 2 is 2.42 bits per heavy atom. The Kier molecular flexibility index (Phi) is 2.14. The van der Waals surface area contributed by atoms with Crippen molar-refractivity contribution in [3.63, 3.8) is 0 Å². The van der Waals surface area contributed by atoms with E-state index in [2.05, 4.69) is 23.1 Å². The summed E-state index contributed by atoms with van der Waals surface area (Å²) >= 11 is 0. The Morgan fingerprint density at radius 1 is 1.50 bits per heavy atom. The third-order valence-corrected chi connectivity index (χ3v) is 2.94. The van der Waals surface area contributed by atoms with Crippen LogP contribution in [0, 0.1) is 11.3 Å². The first kappa shape index (κ1) is 7.82. The van der Waals surface area contributed by atoms with Crippen LogP contribution in [0.4, 0.5) is 0 Å². The second-order valence-electron chi connectivity index (χ2n) is 3.61. The number of hydrogen-bond donors (Lipinski definition) is 0. The first-order chi connectivity index (χ1) is 5.92. The van der Waals surface area contributed by atoms with Crippen molar-refractivity contribution in [1.29, 1.82) is 5.26 Å². The van der Waals surface area contributed by atoms with Crippen LogP contribution in [-0.2, 0) is 0 Å². The number of rotatable bonds is 2. The maximum Gasteiger partial charge on any atom is 0.0635 e. The molecule has 0 aromatic heterocycles. The van der Waals surface area contributed by atoms with Gasteiger partial charge in [0.15, 0.2) is 0 Å². The molecule has 0 amide bonds.